The zero-order valence-electron chi connectivity index (χ0n) is 11.9. The fraction of sp³-hybridized carbons (Fsp3) is 0.118. The minimum Gasteiger partial charge on any atom is -0.503 e. The molecule has 5 nitrogen and oxygen atoms in total. The van der Waals surface area contributed by atoms with Gasteiger partial charge in [-0.2, -0.15) is 0 Å². The van der Waals surface area contributed by atoms with Crippen LogP contribution in [0.3, 0.4) is 0 Å². The predicted molar refractivity (Wildman–Crippen MR) is 81.2 cm³/mol. The van der Waals surface area contributed by atoms with E-state index >= 15 is 0 Å². The minimum atomic E-state index is -0.643. The van der Waals surface area contributed by atoms with Crippen molar-refractivity contribution in [3.05, 3.63) is 71.8 Å². The number of aromatic nitrogens is 1. The third kappa shape index (κ3) is 2.16. The van der Waals surface area contributed by atoms with Gasteiger partial charge in [0.1, 0.15) is 0 Å². The molecular formula is C17H14N2O3. The number of nitrogens with zero attached hydrogens (tertiary/aromatic N) is 2. The molecule has 22 heavy (non-hydrogen) atoms. The van der Waals surface area contributed by atoms with Crippen LogP contribution in [-0.4, -0.2) is 21.8 Å². The average molecular weight is 294 g/mol. The summed E-state index contributed by atoms with van der Waals surface area (Å²) in [6.07, 6.45) is 3.13. The number of carbonyl (C=O) groups is 2. The number of Topliss-reactive ketones (excluding diaryl/α,β-unsaturated/α-hetero) is 1. The summed E-state index contributed by atoms with van der Waals surface area (Å²) in [6.45, 7) is 1.35. The van der Waals surface area contributed by atoms with Crippen molar-refractivity contribution in [2.75, 3.05) is 4.90 Å². The Labute approximate surface area is 127 Å². The van der Waals surface area contributed by atoms with E-state index in [-0.39, 0.29) is 11.4 Å². The zero-order chi connectivity index (χ0) is 15.7. The van der Waals surface area contributed by atoms with E-state index in [0.29, 0.717) is 5.69 Å². The van der Waals surface area contributed by atoms with Crippen molar-refractivity contribution < 1.29 is 14.7 Å². The Morgan fingerprint density at radius 2 is 1.91 bits per heavy atom. The molecule has 0 fully saturated rings. The van der Waals surface area contributed by atoms with Gasteiger partial charge in [-0.1, -0.05) is 30.3 Å². The smallest absolute Gasteiger partial charge is 0.294 e. The van der Waals surface area contributed by atoms with Crippen LogP contribution in [0.5, 0.6) is 0 Å². The van der Waals surface area contributed by atoms with Crippen LogP contribution in [-0.2, 0) is 9.59 Å². The monoisotopic (exact) mass is 294 g/mol. The van der Waals surface area contributed by atoms with Crippen LogP contribution in [0.4, 0.5) is 5.69 Å². The molecule has 110 valence electrons. The van der Waals surface area contributed by atoms with Crippen LogP contribution < -0.4 is 4.90 Å². The van der Waals surface area contributed by atoms with E-state index in [1.54, 1.807) is 18.3 Å². The molecule has 2 aromatic rings. The predicted octanol–water partition coefficient (Wildman–Crippen LogP) is 2.57. The van der Waals surface area contributed by atoms with Gasteiger partial charge in [0.05, 0.1) is 23.5 Å². The number of aliphatic hydroxyl groups is 1. The molecule has 0 saturated heterocycles. The van der Waals surface area contributed by atoms with Crippen LogP contribution in [0.25, 0.3) is 0 Å². The first-order valence-corrected chi connectivity index (χ1v) is 6.84. The maximum absolute atomic E-state index is 12.4. The van der Waals surface area contributed by atoms with Gasteiger partial charge in [-0.3, -0.25) is 19.5 Å². The van der Waals surface area contributed by atoms with Crippen molar-refractivity contribution in [1.29, 1.82) is 0 Å². The van der Waals surface area contributed by atoms with Crippen LogP contribution >= 0.6 is 0 Å². The highest BCUT2D eigenvalue weighted by molar-refractivity contribution is 6.16. The molecule has 0 radical (unpaired) electrons. The fourth-order valence-electron chi connectivity index (χ4n) is 2.68. The van der Waals surface area contributed by atoms with Crippen molar-refractivity contribution in [3.63, 3.8) is 0 Å². The van der Waals surface area contributed by atoms with E-state index in [4.69, 9.17) is 0 Å². The van der Waals surface area contributed by atoms with Gasteiger partial charge in [0.2, 0.25) is 0 Å². The number of hydrogen-bond acceptors (Lipinski definition) is 4. The third-order valence-corrected chi connectivity index (χ3v) is 3.63. The highest BCUT2D eigenvalue weighted by Crippen LogP contribution is 2.40. The van der Waals surface area contributed by atoms with Crippen LogP contribution in [0.1, 0.15) is 18.5 Å². The van der Waals surface area contributed by atoms with Gasteiger partial charge in [-0.25, -0.2) is 0 Å². The topological polar surface area (TPSA) is 70.5 Å². The van der Waals surface area contributed by atoms with Gasteiger partial charge in [-0.15, -0.1) is 0 Å². The first-order valence-electron chi connectivity index (χ1n) is 6.84. The second-order valence-electron chi connectivity index (χ2n) is 5.02. The molecule has 0 bridgehead atoms. The SMILES string of the molecule is CC(=O)C1=C(O)C(=O)N(c2cccnc2)[C@@H]1c1ccccc1. The molecule has 1 atom stereocenters. The Morgan fingerprint density at radius 3 is 2.50 bits per heavy atom. The average Bonchev–Trinajstić information content (AvgIpc) is 2.81. The van der Waals surface area contributed by atoms with E-state index in [0.717, 1.165) is 5.56 Å². The van der Waals surface area contributed by atoms with E-state index in [9.17, 15) is 14.7 Å². The number of hydrogen-bond donors (Lipinski definition) is 1. The number of amides is 1. The molecule has 0 unspecified atom stereocenters. The molecule has 1 N–H and O–H groups in total. The maximum atomic E-state index is 12.4. The number of carbonyl (C=O) groups excluding carboxylic acids is 2. The van der Waals surface area contributed by atoms with E-state index in [1.807, 2.05) is 30.3 Å². The molecule has 0 saturated carbocycles. The lowest BCUT2D eigenvalue weighted by molar-refractivity contribution is -0.117. The van der Waals surface area contributed by atoms with Crippen LogP contribution in [0, 0.1) is 0 Å². The van der Waals surface area contributed by atoms with Gasteiger partial charge >= 0.3 is 0 Å². The summed E-state index contributed by atoms with van der Waals surface area (Å²) in [5, 5.41) is 10.1. The molecule has 2 heterocycles. The summed E-state index contributed by atoms with van der Waals surface area (Å²) in [7, 11) is 0. The van der Waals surface area contributed by atoms with E-state index < -0.39 is 17.7 Å². The first-order chi connectivity index (χ1) is 10.6. The molecule has 1 amide bonds. The second kappa shape index (κ2) is 5.44. The van der Waals surface area contributed by atoms with Gasteiger partial charge in [0.15, 0.2) is 11.5 Å². The molecule has 1 aromatic heterocycles. The van der Waals surface area contributed by atoms with Gasteiger partial charge < -0.3 is 5.11 Å². The highest BCUT2D eigenvalue weighted by Gasteiger charge is 2.43. The summed E-state index contributed by atoms with van der Waals surface area (Å²) in [6, 6.07) is 11.9. The molecule has 3 rings (SSSR count). The second-order valence-corrected chi connectivity index (χ2v) is 5.02. The molecule has 5 heteroatoms. The summed E-state index contributed by atoms with van der Waals surface area (Å²) < 4.78 is 0. The third-order valence-electron chi connectivity index (χ3n) is 3.63. The summed E-state index contributed by atoms with van der Waals surface area (Å²) in [5.74, 6) is -1.41. The number of aliphatic hydroxyl groups excluding tert-OH is 1. The Bertz CT molecular complexity index is 754. The van der Waals surface area contributed by atoms with Gasteiger partial charge in [0.25, 0.3) is 5.91 Å². The molecule has 1 aliphatic rings. The lowest BCUT2D eigenvalue weighted by Gasteiger charge is -2.26. The molecular weight excluding hydrogens is 280 g/mol. The van der Waals surface area contributed by atoms with Crippen molar-refractivity contribution in [2.45, 2.75) is 13.0 Å². The lowest BCUT2D eigenvalue weighted by atomic mass is 9.96. The van der Waals surface area contributed by atoms with Crippen LogP contribution in [0.2, 0.25) is 0 Å². The highest BCUT2D eigenvalue weighted by atomic mass is 16.3. The fourth-order valence-corrected chi connectivity index (χ4v) is 2.68. The Kier molecular flexibility index (Phi) is 3.47. The normalized spacial score (nSPS) is 18.0. The summed E-state index contributed by atoms with van der Waals surface area (Å²) in [4.78, 5) is 29.8. The Balaban J connectivity index is 2.18. The molecule has 0 spiro atoms. The lowest BCUT2D eigenvalue weighted by Crippen LogP contribution is -2.30. The number of pyridine rings is 1. The van der Waals surface area contributed by atoms with E-state index in [2.05, 4.69) is 4.98 Å². The largest absolute Gasteiger partial charge is 0.503 e. The van der Waals surface area contributed by atoms with Crippen molar-refractivity contribution in [1.82, 2.24) is 4.98 Å². The summed E-state index contributed by atoms with van der Waals surface area (Å²) in [5.41, 5.74) is 1.40. The van der Waals surface area contributed by atoms with Gasteiger partial charge in [-0.05, 0) is 24.6 Å². The quantitative estimate of drug-likeness (QED) is 0.944. The standard InChI is InChI=1S/C17H14N2O3/c1-11(20)14-15(12-6-3-2-4-7-12)19(17(22)16(14)21)13-8-5-9-18-10-13/h2-10,15,21H,1H3/t15-/m1/s1. The number of benzene rings is 1. The van der Waals surface area contributed by atoms with Crippen molar-refractivity contribution >= 4 is 17.4 Å². The van der Waals surface area contributed by atoms with Crippen molar-refractivity contribution in [3.8, 4) is 0 Å². The summed E-state index contributed by atoms with van der Waals surface area (Å²) >= 11 is 0. The van der Waals surface area contributed by atoms with Gasteiger partial charge in [0, 0.05) is 6.20 Å². The molecule has 1 aliphatic heterocycles. The Morgan fingerprint density at radius 1 is 1.18 bits per heavy atom. The Hall–Kier alpha value is -2.95. The first kappa shape index (κ1) is 14.0. The minimum absolute atomic E-state index is 0.111. The zero-order valence-corrected chi connectivity index (χ0v) is 11.9. The van der Waals surface area contributed by atoms with Crippen LogP contribution in [0.15, 0.2) is 66.2 Å². The molecule has 1 aromatic carbocycles. The van der Waals surface area contributed by atoms with Crippen molar-refractivity contribution in [2.24, 2.45) is 0 Å². The molecule has 0 aliphatic carbocycles. The number of ketones is 1. The number of anilines is 1. The maximum Gasteiger partial charge on any atom is 0.294 e. The van der Waals surface area contributed by atoms with E-state index in [1.165, 1.54) is 18.0 Å². The number of rotatable bonds is 3.